The molecule has 0 saturated carbocycles. The van der Waals surface area contributed by atoms with Gasteiger partial charge in [0.25, 0.3) is 0 Å². The van der Waals surface area contributed by atoms with Crippen molar-refractivity contribution >= 4 is 17.4 Å². The summed E-state index contributed by atoms with van der Waals surface area (Å²) in [4.78, 5) is 17.1. The van der Waals surface area contributed by atoms with E-state index >= 15 is 0 Å². The van der Waals surface area contributed by atoms with E-state index in [4.69, 9.17) is 0 Å². The fraction of sp³-hybridized carbons (Fsp3) is 0.333. The number of aliphatic hydroxyl groups excluding tert-OH is 1. The van der Waals surface area contributed by atoms with Crippen molar-refractivity contribution in [2.75, 3.05) is 6.54 Å². The molecule has 0 aliphatic heterocycles. The van der Waals surface area contributed by atoms with Crippen LogP contribution >= 0.6 is 11.3 Å². The maximum Gasteiger partial charge on any atom is 0.315 e. The lowest BCUT2D eigenvalue weighted by molar-refractivity contribution is 0.173. The van der Waals surface area contributed by atoms with Crippen LogP contribution in [0.4, 0.5) is 9.18 Å². The molecule has 2 amide bonds. The standard InChI is InChI=1S/C15H18FN3O2S/c1-9-10(2)22-14(19-9)8-18-15(21)17-7-13(20)11-3-5-12(16)6-4-11/h3-6,13,20H,7-8H2,1-2H3,(H2,17,18,21). The number of hydrogen-bond acceptors (Lipinski definition) is 4. The highest BCUT2D eigenvalue weighted by atomic mass is 32.1. The maximum atomic E-state index is 12.8. The molecule has 2 aromatic rings. The lowest BCUT2D eigenvalue weighted by atomic mass is 10.1. The lowest BCUT2D eigenvalue weighted by Crippen LogP contribution is -2.37. The predicted molar refractivity (Wildman–Crippen MR) is 83.2 cm³/mol. The number of nitrogens with one attached hydrogen (secondary N) is 2. The molecule has 7 heteroatoms. The molecule has 0 fully saturated rings. The van der Waals surface area contributed by atoms with E-state index in [0.29, 0.717) is 12.1 Å². The highest BCUT2D eigenvalue weighted by Crippen LogP contribution is 2.16. The van der Waals surface area contributed by atoms with Gasteiger partial charge in [-0.05, 0) is 31.5 Å². The number of aromatic nitrogens is 1. The van der Waals surface area contributed by atoms with Gasteiger partial charge in [-0.2, -0.15) is 0 Å². The largest absolute Gasteiger partial charge is 0.387 e. The predicted octanol–water partition coefficient (Wildman–Crippen LogP) is 2.43. The first-order valence-corrected chi connectivity index (χ1v) is 7.65. The molecule has 1 heterocycles. The van der Waals surface area contributed by atoms with Gasteiger partial charge in [0, 0.05) is 11.4 Å². The Hall–Kier alpha value is -1.99. The van der Waals surface area contributed by atoms with Gasteiger partial charge < -0.3 is 15.7 Å². The van der Waals surface area contributed by atoms with Gasteiger partial charge in [-0.15, -0.1) is 11.3 Å². The second-order valence-electron chi connectivity index (χ2n) is 4.88. The summed E-state index contributed by atoms with van der Waals surface area (Å²) in [5.74, 6) is -0.365. The van der Waals surface area contributed by atoms with Crippen LogP contribution in [0.5, 0.6) is 0 Å². The van der Waals surface area contributed by atoms with Crippen LogP contribution in [-0.2, 0) is 6.54 Å². The molecule has 0 aliphatic carbocycles. The zero-order chi connectivity index (χ0) is 16.1. The van der Waals surface area contributed by atoms with E-state index in [1.807, 2.05) is 13.8 Å². The summed E-state index contributed by atoms with van der Waals surface area (Å²) in [7, 11) is 0. The number of rotatable bonds is 5. The lowest BCUT2D eigenvalue weighted by Gasteiger charge is -2.12. The van der Waals surface area contributed by atoms with Crippen molar-refractivity contribution in [2.24, 2.45) is 0 Å². The minimum Gasteiger partial charge on any atom is -0.387 e. The zero-order valence-corrected chi connectivity index (χ0v) is 13.2. The Morgan fingerprint density at radius 1 is 1.32 bits per heavy atom. The van der Waals surface area contributed by atoms with Crippen molar-refractivity contribution in [3.8, 4) is 0 Å². The highest BCUT2D eigenvalue weighted by Gasteiger charge is 2.10. The third kappa shape index (κ3) is 4.51. The smallest absolute Gasteiger partial charge is 0.315 e. The van der Waals surface area contributed by atoms with E-state index in [-0.39, 0.29) is 18.4 Å². The molecule has 1 unspecified atom stereocenters. The Kier molecular flexibility index (Phi) is 5.46. The average Bonchev–Trinajstić information content (AvgIpc) is 2.82. The molecule has 0 aliphatic rings. The number of carbonyl (C=O) groups excluding carboxylic acids is 1. The highest BCUT2D eigenvalue weighted by molar-refractivity contribution is 7.11. The van der Waals surface area contributed by atoms with Crippen molar-refractivity contribution in [3.05, 3.63) is 51.2 Å². The van der Waals surface area contributed by atoms with E-state index in [2.05, 4.69) is 15.6 Å². The van der Waals surface area contributed by atoms with Crippen LogP contribution in [0.1, 0.15) is 27.2 Å². The van der Waals surface area contributed by atoms with Gasteiger partial charge >= 0.3 is 6.03 Å². The summed E-state index contributed by atoms with van der Waals surface area (Å²) < 4.78 is 12.8. The molecule has 1 aromatic heterocycles. The van der Waals surface area contributed by atoms with Crippen molar-refractivity contribution in [1.82, 2.24) is 15.6 Å². The third-order valence-corrected chi connectivity index (χ3v) is 4.26. The first-order valence-electron chi connectivity index (χ1n) is 6.84. The summed E-state index contributed by atoms with van der Waals surface area (Å²) >= 11 is 1.54. The van der Waals surface area contributed by atoms with Crippen LogP contribution in [0.3, 0.4) is 0 Å². The Balaban J connectivity index is 1.76. The number of halogens is 1. The number of thiazole rings is 1. The van der Waals surface area contributed by atoms with Crippen LogP contribution in [0.15, 0.2) is 24.3 Å². The quantitative estimate of drug-likeness (QED) is 0.791. The Morgan fingerprint density at radius 3 is 2.59 bits per heavy atom. The molecule has 3 N–H and O–H groups in total. The molecule has 0 bridgehead atoms. The fourth-order valence-corrected chi connectivity index (χ4v) is 2.70. The molecule has 0 spiro atoms. The van der Waals surface area contributed by atoms with Gasteiger partial charge in [-0.3, -0.25) is 0 Å². The fourth-order valence-electron chi connectivity index (χ4n) is 1.83. The molecule has 22 heavy (non-hydrogen) atoms. The van der Waals surface area contributed by atoms with Crippen molar-refractivity contribution in [1.29, 1.82) is 0 Å². The van der Waals surface area contributed by atoms with E-state index in [0.717, 1.165) is 15.6 Å². The molecule has 118 valence electrons. The zero-order valence-electron chi connectivity index (χ0n) is 12.4. The minimum absolute atomic E-state index is 0.0490. The normalized spacial score (nSPS) is 12.0. The topological polar surface area (TPSA) is 74.2 Å². The van der Waals surface area contributed by atoms with Crippen LogP contribution in [-0.4, -0.2) is 22.7 Å². The van der Waals surface area contributed by atoms with Gasteiger partial charge in [-0.1, -0.05) is 12.1 Å². The molecule has 0 saturated heterocycles. The molecule has 1 atom stereocenters. The van der Waals surface area contributed by atoms with E-state index < -0.39 is 6.10 Å². The number of carbonyl (C=O) groups is 1. The van der Waals surface area contributed by atoms with Crippen molar-refractivity contribution in [2.45, 2.75) is 26.5 Å². The SMILES string of the molecule is Cc1nc(CNC(=O)NCC(O)c2ccc(F)cc2)sc1C. The number of hydrogen-bond donors (Lipinski definition) is 3. The minimum atomic E-state index is -0.879. The Bertz CT molecular complexity index is 623. The van der Waals surface area contributed by atoms with Gasteiger partial charge in [-0.25, -0.2) is 14.2 Å². The number of benzene rings is 1. The molecule has 0 radical (unpaired) electrons. The molecule has 1 aromatic carbocycles. The number of aryl methyl sites for hydroxylation is 2. The summed E-state index contributed by atoms with van der Waals surface area (Å²) in [6.45, 7) is 4.30. The molecular formula is C15H18FN3O2S. The Labute approximate surface area is 132 Å². The first-order chi connectivity index (χ1) is 10.5. The molecular weight excluding hydrogens is 305 g/mol. The van der Waals surface area contributed by atoms with Crippen LogP contribution in [0, 0.1) is 19.7 Å². The number of amides is 2. The Morgan fingerprint density at radius 2 is 2.00 bits per heavy atom. The number of urea groups is 1. The number of aliphatic hydroxyl groups is 1. The third-order valence-electron chi connectivity index (χ3n) is 3.18. The van der Waals surface area contributed by atoms with E-state index in [1.54, 1.807) is 11.3 Å². The summed E-state index contributed by atoms with van der Waals surface area (Å²) in [5, 5.41) is 16.0. The maximum absolute atomic E-state index is 12.8. The van der Waals surface area contributed by atoms with Crippen molar-refractivity contribution < 1.29 is 14.3 Å². The van der Waals surface area contributed by atoms with Crippen LogP contribution < -0.4 is 10.6 Å². The monoisotopic (exact) mass is 323 g/mol. The van der Waals surface area contributed by atoms with E-state index in [9.17, 15) is 14.3 Å². The summed E-state index contributed by atoms with van der Waals surface area (Å²) in [6.07, 6.45) is -0.879. The summed E-state index contributed by atoms with van der Waals surface area (Å²) in [6, 6.07) is 5.13. The van der Waals surface area contributed by atoms with Gasteiger partial charge in [0.15, 0.2) is 0 Å². The second-order valence-corrected chi connectivity index (χ2v) is 6.17. The van der Waals surface area contributed by atoms with Crippen molar-refractivity contribution in [3.63, 3.8) is 0 Å². The number of nitrogens with zero attached hydrogens (tertiary/aromatic N) is 1. The summed E-state index contributed by atoms with van der Waals surface area (Å²) in [5.41, 5.74) is 1.52. The van der Waals surface area contributed by atoms with Gasteiger partial charge in [0.2, 0.25) is 0 Å². The molecule has 2 rings (SSSR count). The molecule has 5 nitrogen and oxygen atoms in total. The van der Waals surface area contributed by atoms with E-state index in [1.165, 1.54) is 24.3 Å². The average molecular weight is 323 g/mol. The first kappa shape index (κ1) is 16.4. The second kappa shape index (κ2) is 7.33. The van der Waals surface area contributed by atoms with Gasteiger partial charge in [0.05, 0.1) is 18.3 Å². The van der Waals surface area contributed by atoms with Crippen LogP contribution in [0.2, 0.25) is 0 Å². The van der Waals surface area contributed by atoms with Crippen LogP contribution in [0.25, 0.3) is 0 Å². The van der Waals surface area contributed by atoms with Gasteiger partial charge in [0.1, 0.15) is 10.8 Å².